The standard InChI is InChI=1S/C23H21ClN4O2/c1-13(2)16-6-9-19-18(12-16)25-20-21(26-23(30)27-22(20)29)28(19)11-10-14(3)15-4-7-17(24)8-5-15/h4-9,12-13H,3,10-11H2,1-2H3,(H,27,29,30). The zero-order valence-electron chi connectivity index (χ0n) is 16.8. The minimum atomic E-state index is -0.683. The van der Waals surface area contributed by atoms with Crippen molar-refractivity contribution in [1.29, 1.82) is 0 Å². The van der Waals surface area contributed by atoms with Crippen LogP contribution in [0.4, 0.5) is 0 Å². The number of allylic oxidation sites excluding steroid dienone is 1. The highest BCUT2D eigenvalue weighted by atomic mass is 35.5. The Kier molecular flexibility index (Phi) is 5.26. The normalized spacial score (nSPS) is 11.5. The molecular formula is C23H21ClN4O2. The van der Waals surface area contributed by atoms with Gasteiger partial charge in [-0.25, -0.2) is 9.78 Å². The van der Waals surface area contributed by atoms with Gasteiger partial charge in [-0.15, -0.1) is 0 Å². The van der Waals surface area contributed by atoms with Gasteiger partial charge in [-0.1, -0.05) is 50.2 Å². The first kappa shape index (κ1) is 20.0. The summed E-state index contributed by atoms with van der Waals surface area (Å²) in [5.74, 6) is 0.600. The van der Waals surface area contributed by atoms with Gasteiger partial charge in [-0.05, 0) is 53.3 Å². The summed E-state index contributed by atoms with van der Waals surface area (Å²) in [6.45, 7) is 8.88. The monoisotopic (exact) mass is 420 g/mol. The summed E-state index contributed by atoms with van der Waals surface area (Å²) in [6, 6.07) is 13.5. The van der Waals surface area contributed by atoms with Crippen molar-refractivity contribution in [3.8, 4) is 11.5 Å². The molecule has 7 heteroatoms. The van der Waals surface area contributed by atoms with Gasteiger partial charge >= 0.3 is 5.69 Å². The molecule has 0 spiro atoms. The number of aromatic nitrogens is 4. The van der Waals surface area contributed by atoms with Gasteiger partial charge in [0.1, 0.15) is 0 Å². The molecule has 0 aromatic heterocycles. The fraction of sp³-hybridized carbons (Fsp3) is 0.217. The molecule has 0 saturated heterocycles. The van der Waals surface area contributed by atoms with Crippen LogP contribution >= 0.6 is 11.6 Å². The third-order valence-corrected chi connectivity index (χ3v) is 5.44. The molecule has 4 rings (SSSR count). The minimum Gasteiger partial charge on any atom is -0.322 e. The quantitative estimate of drug-likeness (QED) is 0.483. The van der Waals surface area contributed by atoms with Gasteiger partial charge in [0.15, 0.2) is 11.5 Å². The molecule has 0 amide bonds. The zero-order valence-corrected chi connectivity index (χ0v) is 17.5. The molecule has 0 radical (unpaired) electrons. The van der Waals surface area contributed by atoms with Crippen molar-refractivity contribution in [1.82, 2.24) is 19.5 Å². The lowest BCUT2D eigenvalue weighted by Gasteiger charge is -2.18. The van der Waals surface area contributed by atoms with E-state index in [0.29, 0.717) is 29.4 Å². The van der Waals surface area contributed by atoms with Crippen LogP contribution in [0.3, 0.4) is 0 Å². The van der Waals surface area contributed by atoms with Crippen LogP contribution in [0.5, 0.6) is 0 Å². The van der Waals surface area contributed by atoms with Crippen molar-refractivity contribution in [2.75, 3.05) is 0 Å². The Morgan fingerprint density at radius 2 is 1.87 bits per heavy atom. The molecule has 0 aliphatic carbocycles. The first-order valence-corrected chi connectivity index (χ1v) is 10.1. The number of aromatic amines is 1. The van der Waals surface area contributed by atoms with E-state index in [4.69, 9.17) is 11.6 Å². The van der Waals surface area contributed by atoms with Crippen LogP contribution in [0.15, 0.2) is 58.6 Å². The second-order valence-electron chi connectivity index (χ2n) is 7.57. The number of fused-ring (bicyclic) bond motifs is 2. The molecular weight excluding hydrogens is 400 g/mol. The summed E-state index contributed by atoms with van der Waals surface area (Å²) in [5.41, 5.74) is 3.47. The molecule has 6 nitrogen and oxygen atoms in total. The molecule has 30 heavy (non-hydrogen) atoms. The third kappa shape index (κ3) is 3.78. The predicted molar refractivity (Wildman–Crippen MR) is 120 cm³/mol. The zero-order chi connectivity index (χ0) is 21.4. The molecule has 0 bridgehead atoms. The van der Waals surface area contributed by atoms with Crippen molar-refractivity contribution in [3.63, 3.8) is 0 Å². The average Bonchev–Trinajstić information content (AvgIpc) is 2.71. The SMILES string of the molecule is C=C(CCn1c2nc(=O)[nH]c(=O)c-2nc2cc(C(C)C)ccc21)c1ccc(Cl)cc1. The Morgan fingerprint density at radius 1 is 1.13 bits per heavy atom. The van der Waals surface area contributed by atoms with E-state index in [0.717, 1.165) is 22.2 Å². The number of halogens is 1. The van der Waals surface area contributed by atoms with Gasteiger partial charge < -0.3 is 4.57 Å². The summed E-state index contributed by atoms with van der Waals surface area (Å²) in [5, 5.41) is 0.666. The lowest BCUT2D eigenvalue weighted by Crippen LogP contribution is -2.29. The number of benzene rings is 2. The van der Waals surface area contributed by atoms with E-state index >= 15 is 0 Å². The van der Waals surface area contributed by atoms with Gasteiger partial charge in [0.2, 0.25) is 0 Å². The van der Waals surface area contributed by atoms with Gasteiger partial charge in [0.25, 0.3) is 5.56 Å². The van der Waals surface area contributed by atoms with Crippen molar-refractivity contribution in [3.05, 3.63) is 86.0 Å². The summed E-state index contributed by atoms with van der Waals surface area (Å²) in [6.07, 6.45) is 0.606. The second kappa shape index (κ2) is 7.88. The number of nitrogens with one attached hydrogen (secondary N) is 1. The van der Waals surface area contributed by atoms with Crippen LogP contribution in [0.1, 0.15) is 37.3 Å². The number of hydrogen-bond donors (Lipinski definition) is 1. The van der Waals surface area contributed by atoms with Crippen molar-refractivity contribution in [2.45, 2.75) is 32.7 Å². The van der Waals surface area contributed by atoms with E-state index in [2.05, 4.69) is 35.4 Å². The number of nitrogens with zero attached hydrogens (tertiary/aromatic N) is 3. The Balaban J connectivity index is 1.83. The fourth-order valence-electron chi connectivity index (χ4n) is 3.48. The Labute approximate surface area is 178 Å². The molecule has 2 heterocycles. The number of H-pyrrole nitrogens is 1. The van der Waals surface area contributed by atoms with Crippen LogP contribution in [0, 0.1) is 0 Å². The summed E-state index contributed by atoms with van der Waals surface area (Å²) in [7, 11) is 0. The number of rotatable bonds is 5. The van der Waals surface area contributed by atoms with Crippen LogP contribution < -0.4 is 11.2 Å². The number of hydrogen-bond acceptors (Lipinski definition) is 4. The van der Waals surface area contributed by atoms with Gasteiger partial charge in [0, 0.05) is 11.6 Å². The molecule has 0 fully saturated rings. The maximum absolute atomic E-state index is 12.4. The van der Waals surface area contributed by atoms with Crippen LogP contribution in [-0.2, 0) is 6.54 Å². The molecule has 0 saturated carbocycles. The summed E-state index contributed by atoms with van der Waals surface area (Å²) in [4.78, 5) is 35.1. The Morgan fingerprint density at radius 3 is 2.57 bits per heavy atom. The maximum Gasteiger partial charge on any atom is 0.349 e. The Bertz CT molecular complexity index is 1340. The van der Waals surface area contributed by atoms with Gasteiger partial charge in [-0.2, -0.15) is 4.98 Å². The van der Waals surface area contributed by atoms with E-state index in [1.54, 1.807) is 0 Å². The summed E-state index contributed by atoms with van der Waals surface area (Å²) < 4.78 is 1.87. The lowest BCUT2D eigenvalue weighted by atomic mass is 10.0. The van der Waals surface area contributed by atoms with E-state index in [1.807, 2.05) is 47.0 Å². The van der Waals surface area contributed by atoms with Crippen molar-refractivity contribution in [2.24, 2.45) is 0 Å². The lowest BCUT2D eigenvalue weighted by molar-refractivity contribution is 0.720. The van der Waals surface area contributed by atoms with Crippen LogP contribution in [0.25, 0.3) is 28.1 Å². The predicted octanol–water partition coefficient (Wildman–Crippen LogP) is 4.46. The molecule has 0 unspecified atom stereocenters. The molecule has 2 aromatic carbocycles. The molecule has 2 aliphatic rings. The first-order chi connectivity index (χ1) is 14.3. The van der Waals surface area contributed by atoms with Crippen molar-refractivity contribution < 1.29 is 0 Å². The first-order valence-electron chi connectivity index (χ1n) is 9.71. The molecule has 2 aliphatic heterocycles. The number of aryl methyl sites for hydroxylation is 1. The Hall–Kier alpha value is -3.25. The highest BCUT2D eigenvalue weighted by Crippen LogP contribution is 2.26. The van der Waals surface area contributed by atoms with Crippen molar-refractivity contribution >= 4 is 28.2 Å². The molecule has 2 aromatic rings. The highest BCUT2D eigenvalue weighted by Gasteiger charge is 2.19. The third-order valence-electron chi connectivity index (χ3n) is 5.19. The highest BCUT2D eigenvalue weighted by molar-refractivity contribution is 6.30. The van der Waals surface area contributed by atoms with E-state index in [1.165, 1.54) is 0 Å². The maximum atomic E-state index is 12.4. The van der Waals surface area contributed by atoms with Crippen LogP contribution in [-0.4, -0.2) is 19.5 Å². The van der Waals surface area contributed by atoms with Gasteiger partial charge in [0.05, 0.1) is 11.0 Å². The second-order valence-corrected chi connectivity index (χ2v) is 8.01. The molecule has 152 valence electrons. The largest absolute Gasteiger partial charge is 0.349 e. The fourth-order valence-corrected chi connectivity index (χ4v) is 3.60. The minimum absolute atomic E-state index is 0.153. The summed E-state index contributed by atoms with van der Waals surface area (Å²) >= 11 is 5.97. The molecule has 1 N–H and O–H groups in total. The van der Waals surface area contributed by atoms with Crippen LogP contribution in [0.2, 0.25) is 5.02 Å². The van der Waals surface area contributed by atoms with E-state index < -0.39 is 11.2 Å². The molecule has 0 atom stereocenters. The van der Waals surface area contributed by atoms with E-state index in [9.17, 15) is 9.59 Å². The average molecular weight is 421 g/mol. The van der Waals surface area contributed by atoms with E-state index in [-0.39, 0.29) is 11.5 Å². The topological polar surface area (TPSA) is 80.6 Å². The smallest absolute Gasteiger partial charge is 0.322 e. The van der Waals surface area contributed by atoms with Gasteiger partial charge in [-0.3, -0.25) is 9.78 Å².